The van der Waals surface area contributed by atoms with Crippen LogP contribution in [-0.4, -0.2) is 18.0 Å². The van der Waals surface area contributed by atoms with E-state index in [0.717, 1.165) is 12.8 Å². The molecule has 0 aliphatic heterocycles. The van der Waals surface area contributed by atoms with Gasteiger partial charge in [0.1, 0.15) is 5.54 Å². The Morgan fingerprint density at radius 2 is 2.00 bits per heavy atom. The van der Waals surface area contributed by atoms with Gasteiger partial charge in [-0.1, -0.05) is 44.2 Å². The van der Waals surface area contributed by atoms with Crippen LogP contribution >= 0.6 is 0 Å². The molecule has 0 spiro atoms. The molecule has 1 fully saturated rings. The fourth-order valence-electron chi connectivity index (χ4n) is 2.74. The molecule has 2 N–H and O–H groups in total. The van der Waals surface area contributed by atoms with Crippen molar-refractivity contribution in [3.05, 3.63) is 35.9 Å². The lowest BCUT2D eigenvalue weighted by atomic mass is 9.72. The standard InChI is InChI=1S/C18H25N3O/c1-14(2)17(3,13-19)21-16(22)12-20-18(10-7-11-18)15-8-5-4-6-9-15/h4-6,8-9,14,20H,7,10-12H2,1-3H3,(H,21,22)/t17-/m0/s1. The molecule has 1 aliphatic carbocycles. The number of rotatable bonds is 6. The molecule has 1 aromatic carbocycles. The second-order valence-electron chi connectivity index (χ2n) is 6.67. The smallest absolute Gasteiger partial charge is 0.235 e. The Morgan fingerprint density at radius 1 is 1.36 bits per heavy atom. The number of nitrogens with one attached hydrogen (secondary N) is 2. The largest absolute Gasteiger partial charge is 0.337 e. The molecule has 0 aromatic heterocycles. The predicted molar refractivity (Wildman–Crippen MR) is 87.0 cm³/mol. The van der Waals surface area contributed by atoms with Crippen molar-refractivity contribution in [2.24, 2.45) is 5.92 Å². The molecular formula is C18H25N3O. The third-order valence-electron chi connectivity index (χ3n) is 4.91. The zero-order chi connectivity index (χ0) is 16.2. The summed E-state index contributed by atoms with van der Waals surface area (Å²) in [4.78, 5) is 12.2. The topological polar surface area (TPSA) is 64.9 Å². The lowest BCUT2D eigenvalue weighted by molar-refractivity contribution is -0.122. The van der Waals surface area contributed by atoms with E-state index in [4.69, 9.17) is 0 Å². The Bertz CT molecular complexity index is 557. The van der Waals surface area contributed by atoms with Crippen molar-refractivity contribution < 1.29 is 4.79 Å². The zero-order valence-electron chi connectivity index (χ0n) is 13.6. The molecule has 1 amide bonds. The molecule has 2 rings (SSSR count). The fraction of sp³-hybridized carbons (Fsp3) is 0.556. The van der Waals surface area contributed by atoms with Gasteiger partial charge in [-0.2, -0.15) is 5.26 Å². The van der Waals surface area contributed by atoms with Crippen LogP contribution in [0.2, 0.25) is 0 Å². The molecule has 1 saturated carbocycles. The molecule has 0 saturated heterocycles. The number of carbonyl (C=O) groups is 1. The van der Waals surface area contributed by atoms with E-state index in [1.807, 2.05) is 32.0 Å². The fourth-order valence-corrected chi connectivity index (χ4v) is 2.74. The number of carbonyl (C=O) groups excluding carboxylic acids is 1. The quantitative estimate of drug-likeness (QED) is 0.849. The molecule has 22 heavy (non-hydrogen) atoms. The van der Waals surface area contributed by atoms with Crippen molar-refractivity contribution in [3.8, 4) is 6.07 Å². The first kappa shape index (κ1) is 16.5. The second-order valence-corrected chi connectivity index (χ2v) is 6.67. The summed E-state index contributed by atoms with van der Waals surface area (Å²) >= 11 is 0. The van der Waals surface area contributed by atoms with Gasteiger partial charge in [-0.3, -0.25) is 10.1 Å². The summed E-state index contributed by atoms with van der Waals surface area (Å²) in [6, 6.07) is 12.5. The van der Waals surface area contributed by atoms with Gasteiger partial charge in [-0.25, -0.2) is 0 Å². The van der Waals surface area contributed by atoms with Gasteiger partial charge in [0.25, 0.3) is 0 Å². The van der Waals surface area contributed by atoms with Crippen LogP contribution in [0.4, 0.5) is 0 Å². The second kappa shape index (κ2) is 6.50. The van der Waals surface area contributed by atoms with Gasteiger partial charge < -0.3 is 5.32 Å². The Hall–Kier alpha value is -1.86. The van der Waals surface area contributed by atoms with Crippen LogP contribution in [0, 0.1) is 17.2 Å². The summed E-state index contributed by atoms with van der Waals surface area (Å²) in [6.07, 6.45) is 3.26. The third kappa shape index (κ3) is 3.31. The molecular weight excluding hydrogens is 274 g/mol. The summed E-state index contributed by atoms with van der Waals surface area (Å²) < 4.78 is 0. The van der Waals surface area contributed by atoms with Crippen LogP contribution in [0.15, 0.2) is 30.3 Å². The van der Waals surface area contributed by atoms with E-state index in [2.05, 4.69) is 28.8 Å². The van der Waals surface area contributed by atoms with Crippen molar-refractivity contribution >= 4 is 5.91 Å². The lowest BCUT2D eigenvalue weighted by Crippen LogP contribution is -2.55. The molecule has 0 bridgehead atoms. The van der Waals surface area contributed by atoms with E-state index >= 15 is 0 Å². The monoisotopic (exact) mass is 299 g/mol. The highest BCUT2D eigenvalue weighted by molar-refractivity contribution is 5.79. The minimum atomic E-state index is -0.821. The van der Waals surface area contributed by atoms with Crippen LogP contribution in [0.3, 0.4) is 0 Å². The van der Waals surface area contributed by atoms with E-state index < -0.39 is 5.54 Å². The van der Waals surface area contributed by atoms with Crippen molar-refractivity contribution in [2.45, 2.75) is 51.1 Å². The van der Waals surface area contributed by atoms with E-state index in [1.54, 1.807) is 6.92 Å². The molecule has 0 heterocycles. The van der Waals surface area contributed by atoms with Gasteiger partial charge in [0.2, 0.25) is 5.91 Å². The molecule has 4 heteroatoms. The van der Waals surface area contributed by atoms with Crippen LogP contribution in [0.5, 0.6) is 0 Å². The minimum Gasteiger partial charge on any atom is -0.337 e. The molecule has 118 valence electrons. The van der Waals surface area contributed by atoms with E-state index in [9.17, 15) is 10.1 Å². The van der Waals surface area contributed by atoms with Crippen molar-refractivity contribution in [2.75, 3.05) is 6.54 Å². The average Bonchev–Trinajstić information content (AvgIpc) is 2.47. The normalized spacial score (nSPS) is 18.9. The minimum absolute atomic E-state index is 0.0632. The number of nitrogens with zero attached hydrogens (tertiary/aromatic N) is 1. The summed E-state index contributed by atoms with van der Waals surface area (Å²) in [5.74, 6) is -0.0619. The molecule has 1 aromatic rings. The van der Waals surface area contributed by atoms with Gasteiger partial charge in [-0.15, -0.1) is 0 Å². The van der Waals surface area contributed by atoms with Crippen molar-refractivity contribution in [1.29, 1.82) is 5.26 Å². The highest BCUT2D eigenvalue weighted by Gasteiger charge is 2.39. The van der Waals surface area contributed by atoms with E-state index in [0.29, 0.717) is 0 Å². The SMILES string of the molecule is CC(C)[C@](C)(C#N)NC(=O)CNC1(c2ccccc2)CCC1. The third-order valence-corrected chi connectivity index (χ3v) is 4.91. The molecule has 1 aliphatic rings. The number of hydrogen-bond donors (Lipinski definition) is 2. The summed E-state index contributed by atoms with van der Waals surface area (Å²) in [5.41, 5.74) is 0.332. The van der Waals surface area contributed by atoms with Crippen LogP contribution < -0.4 is 10.6 Å². The highest BCUT2D eigenvalue weighted by atomic mass is 16.2. The lowest BCUT2D eigenvalue weighted by Gasteiger charge is -2.43. The van der Waals surface area contributed by atoms with Crippen molar-refractivity contribution in [3.63, 3.8) is 0 Å². The molecule has 0 unspecified atom stereocenters. The Morgan fingerprint density at radius 3 is 2.45 bits per heavy atom. The van der Waals surface area contributed by atoms with Gasteiger partial charge >= 0.3 is 0 Å². The number of amides is 1. The summed E-state index contributed by atoms with van der Waals surface area (Å²) in [6.45, 7) is 5.88. The van der Waals surface area contributed by atoms with Crippen LogP contribution in [-0.2, 0) is 10.3 Å². The maximum Gasteiger partial charge on any atom is 0.235 e. The maximum atomic E-state index is 12.2. The van der Waals surface area contributed by atoms with Gasteiger partial charge in [0.05, 0.1) is 12.6 Å². The molecule has 0 radical (unpaired) electrons. The first-order chi connectivity index (χ1) is 10.4. The van der Waals surface area contributed by atoms with E-state index in [-0.39, 0.29) is 23.9 Å². The highest BCUT2D eigenvalue weighted by Crippen LogP contribution is 2.40. The molecule has 1 atom stereocenters. The van der Waals surface area contributed by atoms with Crippen LogP contribution in [0.25, 0.3) is 0 Å². The Labute approximate surface area is 132 Å². The Balaban J connectivity index is 1.97. The summed E-state index contributed by atoms with van der Waals surface area (Å²) in [5, 5.41) is 15.5. The first-order valence-corrected chi connectivity index (χ1v) is 7.95. The maximum absolute atomic E-state index is 12.2. The zero-order valence-corrected chi connectivity index (χ0v) is 13.6. The van der Waals surface area contributed by atoms with E-state index in [1.165, 1.54) is 12.0 Å². The first-order valence-electron chi connectivity index (χ1n) is 7.95. The summed E-state index contributed by atoms with van der Waals surface area (Å²) in [7, 11) is 0. The van der Waals surface area contributed by atoms with Crippen LogP contribution in [0.1, 0.15) is 45.6 Å². The predicted octanol–water partition coefficient (Wildman–Crippen LogP) is 2.71. The number of hydrogen-bond acceptors (Lipinski definition) is 3. The van der Waals surface area contributed by atoms with Gasteiger partial charge in [0, 0.05) is 5.54 Å². The number of benzene rings is 1. The number of nitriles is 1. The van der Waals surface area contributed by atoms with Crippen molar-refractivity contribution in [1.82, 2.24) is 10.6 Å². The Kier molecular flexibility index (Phi) is 4.87. The molecule has 4 nitrogen and oxygen atoms in total. The van der Waals surface area contributed by atoms with Gasteiger partial charge in [-0.05, 0) is 37.7 Å². The van der Waals surface area contributed by atoms with Gasteiger partial charge in [0.15, 0.2) is 0 Å². The average molecular weight is 299 g/mol.